The summed E-state index contributed by atoms with van der Waals surface area (Å²) in [4.78, 5) is 46.8. The van der Waals surface area contributed by atoms with Gasteiger partial charge in [0.1, 0.15) is 6.10 Å². The normalized spacial score (nSPS) is 37.6. The number of aliphatic hydroxyl groups is 1. The number of hydrogen-bond acceptors (Lipinski definition) is 9. The van der Waals surface area contributed by atoms with Gasteiger partial charge < -0.3 is 34.4 Å². The van der Waals surface area contributed by atoms with Gasteiger partial charge in [0.15, 0.2) is 6.29 Å². The molecular weight excluding hydrogens is 600 g/mol. The van der Waals surface area contributed by atoms with Crippen molar-refractivity contribution in [2.75, 3.05) is 52.6 Å². The Morgan fingerprint density at radius 3 is 2.51 bits per heavy atom. The number of benzene rings is 1. The summed E-state index contributed by atoms with van der Waals surface area (Å²) in [5.41, 5.74) is -0.392. The molecule has 3 saturated heterocycles. The molecule has 262 valence electrons. The van der Waals surface area contributed by atoms with Crippen LogP contribution in [0.3, 0.4) is 0 Å². The van der Waals surface area contributed by atoms with Crippen LogP contribution in [0.1, 0.15) is 76.6 Å². The van der Waals surface area contributed by atoms with Crippen molar-refractivity contribution < 1.29 is 33.7 Å². The monoisotopic (exact) mass is 656 g/mol. The van der Waals surface area contributed by atoms with E-state index in [-0.39, 0.29) is 42.3 Å². The lowest BCUT2D eigenvalue weighted by molar-refractivity contribution is -0.328. The zero-order valence-corrected chi connectivity index (χ0v) is 29.3. The molecule has 4 aliphatic heterocycles. The number of carbonyl (C=O) groups excluding carboxylic acids is 3. The van der Waals surface area contributed by atoms with E-state index in [0.29, 0.717) is 30.6 Å². The molecule has 1 unspecified atom stereocenters. The summed E-state index contributed by atoms with van der Waals surface area (Å²) in [7, 11) is 5.86. The van der Waals surface area contributed by atoms with Crippen LogP contribution in [0, 0.1) is 23.7 Å². The fourth-order valence-electron chi connectivity index (χ4n) is 8.55. The number of piperidine rings is 1. The fourth-order valence-corrected chi connectivity index (χ4v) is 8.55. The van der Waals surface area contributed by atoms with Gasteiger partial charge in [0.05, 0.1) is 30.3 Å². The van der Waals surface area contributed by atoms with Crippen LogP contribution in [-0.4, -0.2) is 121 Å². The van der Waals surface area contributed by atoms with Gasteiger partial charge in [-0.1, -0.05) is 33.3 Å². The van der Waals surface area contributed by atoms with Crippen LogP contribution in [-0.2, 0) is 23.8 Å². The number of amides is 2. The Bertz CT molecular complexity index is 1270. The highest BCUT2D eigenvalue weighted by atomic mass is 16.7. The number of esters is 1. The molecule has 0 saturated carbocycles. The molecule has 4 heterocycles. The van der Waals surface area contributed by atoms with Crippen LogP contribution in [0.2, 0.25) is 0 Å². The van der Waals surface area contributed by atoms with Crippen molar-refractivity contribution in [3.63, 3.8) is 0 Å². The smallest absolute Gasteiger partial charge is 0.320 e. The van der Waals surface area contributed by atoms with Crippen LogP contribution < -0.4 is 5.32 Å². The van der Waals surface area contributed by atoms with Crippen molar-refractivity contribution in [2.45, 2.75) is 102 Å². The molecule has 0 radical (unpaired) electrons. The molecule has 2 bridgehead atoms. The predicted molar refractivity (Wildman–Crippen MR) is 179 cm³/mol. The van der Waals surface area contributed by atoms with E-state index in [1.54, 1.807) is 43.1 Å². The molecule has 0 aliphatic carbocycles. The van der Waals surface area contributed by atoms with Crippen molar-refractivity contribution in [3.8, 4) is 0 Å². The number of anilines is 1. The Morgan fingerprint density at radius 2 is 1.81 bits per heavy atom. The van der Waals surface area contributed by atoms with E-state index in [0.717, 1.165) is 38.8 Å². The van der Waals surface area contributed by atoms with E-state index in [2.05, 4.69) is 15.1 Å². The first-order valence-corrected chi connectivity index (χ1v) is 17.5. The lowest BCUT2D eigenvalue weighted by Gasteiger charge is -2.55. The lowest BCUT2D eigenvalue weighted by atomic mass is 9.69. The summed E-state index contributed by atoms with van der Waals surface area (Å²) in [6.07, 6.45) is 2.53. The quantitative estimate of drug-likeness (QED) is 0.469. The second-order valence-corrected chi connectivity index (χ2v) is 15.1. The van der Waals surface area contributed by atoms with Crippen molar-refractivity contribution in [3.05, 3.63) is 29.8 Å². The largest absolute Gasteiger partial charge is 0.460 e. The molecule has 47 heavy (non-hydrogen) atoms. The zero-order chi connectivity index (χ0) is 34.0. The fraction of sp³-hybridized carbons (Fsp3) is 0.750. The maximum Gasteiger partial charge on any atom is 0.320 e. The van der Waals surface area contributed by atoms with E-state index < -0.39 is 41.9 Å². The summed E-state index contributed by atoms with van der Waals surface area (Å²) in [6.45, 7) is 9.98. The molecule has 2 amide bonds. The molecule has 11 heteroatoms. The summed E-state index contributed by atoms with van der Waals surface area (Å²) < 4.78 is 19.4. The number of carbonyl (C=O) groups is 3. The molecule has 11 nitrogen and oxygen atoms in total. The number of hydrogen-bond donors (Lipinski definition) is 2. The summed E-state index contributed by atoms with van der Waals surface area (Å²) >= 11 is 0. The zero-order valence-electron chi connectivity index (χ0n) is 29.3. The van der Waals surface area contributed by atoms with E-state index in [4.69, 9.17) is 14.2 Å². The van der Waals surface area contributed by atoms with Gasteiger partial charge in [0, 0.05) is 42.7 Å². The number of ether oxygens (including phenoxy) is 3. The number of rotatable bonds is 4. The van der Waals surface area contributed by atoms with E-state index in [9.17, 15) is 19.5 Å². The number of nitrogens with zero attached hydrogens (tertiary/aromatic N) is 3. The predicted octanol–water partition coefficient (Wildman–Crippen LogP) is 3.61. The molecule has 3 fully saturated rings. The SMILES string of the molecule is CC1C(=O)Nc2cccc(c2)C(=O)N(C)C[C@H](C)C[C@]2(O)C[C@H]3[C@@H](O[C@H](C)C[C@@H]3N(C)C)O[C@@H]2[C@@H](C)[C@@H]1OC(=O)CN1CCCCC1. The van der Waals surface area contributed by atoms with Gasteiger partial charge in [0.25, 0.3) is 5.91 Å². The second-order valence-electron chi connectivity index (χ2n) is 15.1. The first-order chi connectivity index (χ1) is 22.3. The van der Waals surface area contributed by atoms with Gasteiger partial charge in [0.2, 0.25) is 5.91 Å². The average Bonchev–Trinajstić information content (AvgIpc) is 3.02. The van der Waals surface area contributed by atoms with Gasteiger partial charge in [-0.15, -0.1) is 0 Å². The molecule has 0 spiro atoms. The van der Waals surface area contributed by atoms with Crippen LogP contribution >= 0.6 is 0 Å². The molecule has 2 N–H and O–H groups in total. The second kappa shape index (κ2) is 14.9. The Hall–Kier alpha value is -2.57. The Balaban J connectivity index is 1.53. The van der Waals surface area contributed by atoms with Gasteiger partial charge >= 0.3 is 5.97 Å². The van der Waals surface area contributed by atoms with Gasteiger partial charge in [-0.2, -0.15) is 0 Å². The Labute approximate surface area is 280 Å². The maximum atomic E-state index is 13.9. The minimum Gasteiger partial charge on any atom is -0.460 e. The summed E-state index contributed by atoms with van der Waals surface area (Å²) in [6, 6.07) is 7.04. The van der Waals surface area contributed by atoms with Crippen molar-refractivity contribution in [1.82, 2.24) is 14.7 Å². The van der Waals surface area contributed by atoms with Crippen LogP contribution in [0.15, 0.2) is 24.3 Å². The van der Waals surface area contributed by atoms with Gasteiger partial charge in [-0.3, -0.25) is 19.3 Å². The van der Waals surface area contributed by atoms with E-state index >= 15 is 0 Å². The molecule has 5 rings (SSSR count). The number of nitrogens with one attached hydrogen (secondary N) is 1. The first-order valence-electron chi connectivity index (χ1n) is 17.5. The maximum absolute atomic E-state index is 13.9. The van der Waals surface area contributed by atoms with Crippen molar-refractivity contribution in [2.24, 2.45) is 23.7 Å². The Morgan fingerprint density at radius 1 is 1.09 bits per heavy atom. The van der Waals surface area contributed by atoms with E-state index in [1.807, 2.05) is 34.9 Å². The third-order valence-electron chi connectivity index (χ3n) is 10.8. The minimum atomic E-state index is -1.34. The minimum absolute atomic E-state index is 0.0381. The molecule has 0 aromatic heterocycles. The number of fused-ring (bicyclic) bond motifs is 4. The van der Waals surface area contributed by atoms with Crippen LogP contribution in [0.25, 0.3) is 0 Å². The third-order valence-corrected chi connectivity index (χ3v) is 10.8. The summed E-state index contributed by atoms with van der Waals surface area (Å²) in [5.74, 6) is -2.43. The highest BCUT2D eigenvalue weighted by molar-refractivity contribution is 5.97. The number of likely N-dealkylation sites (tertiary alicyclic amines) is 1. The Kier molecular flexibility index (Phi) is 11.3. The molecular formula is C36H56N4O7. The molecule has 1 aromatic rings. The van der Waals surface area contributed by atoms with E-state index in [1.165, 1.54) is 0 Å². The van der Waals surface area contributed by atoms with Crippen molar-refractivity contribution in [1.29, 1.82) is 0 Å². The molecule has 4 aliphatic rings. The van der Waals surface area contributed by atoms with Gasteiger partial charge in [-0.25, -0.2) is 0 Å². The van der Waals surface area contributed by atoms with Gasteiger partial charge in [-0.05, 0) is 90.3 Å². The van der Waals surface area contributed by atoms with Crippen LogP contribution in [0.5, 0.6) is 0 Å². The van der Waals surface area contributed by atoms with Crippen LogP contribution in [0.4, 0.5) is 5.69 Å². The molecule has 1 aromatic carbocycles. The lowest BCUT2D eigenvalue weighted by Crippen LogP contribution is -2.65. The molecule has 10 atom stereocenters. The standard InChI is InChI=1S/C36H56N4O7/c1-22-18-36(44)19-28-29(38(5)6)16-23(2)45-35(28)47-32(36)24(3)31(46-30(41)21-40-14-9-8-10-15-40)25(4)33(42)37-27-13-11-12-26(17-27)34(43)39(7)20-22/h11-13,17,22-25,28-29,31-32,35,44H,8-10,14-16,18-21H2,1-7H3,(H,37,42)/t22-,23-,24+,25?,28-,29+,31+,32-,35+,36+/m1/s1. The average molecular weight is 657 g/mol. The topological polar surface area (TPSA) is 121 Å². The van der Waals surface area contributed by atoms with Crippen molar-refractivity contribution >= 4 is 23.5 Å². The highest BCUT2D eigenvalue weighted by Crippen LogP contribution is 2.47. The summed E-state index contributed by atoms with van der Waals surface area (Å²) in [5, 5.41) is 15.7. The first kappa shape index (κ1) is 35.7. The third kappa shape index (κ3) is 8.19. The highest BCUT2D eigenvalue weighted by Gasteiger charge is 2.56.